The van der Waals surface area contributed by atoms with Gasteiger partial charge in [-0.2, -0.15) is 0 Å². The fraction of sp³-hybridized carbons (Fsp3) is 0.292. The third-order valence-corrected chi connectivity index (χ3v) is 5.12. The van der Waals surface area contributed by atoms with Gasteiger partial charge in [0.2, 0.25) is 11.8 Å². The van der Waals surface area contributed by atoms with Crippen molar-refractivity contribution in [1.82, 2.24) is 19.0 Å². The molecule has 9 heteroatoms. The molecule has 1 radical (unpaired) electrons. The number of anilines is 1. The van der Waals surface area contributed by atoms with Gasteiger partial charge < -0.3 is 19.4 Å². The third kappa shape index (κ3) is 5.94. The van der Waals surface area contributed by atoms with E-state index in [2.05, 4.69) is 10.3 Å². The van der Waals surface area contributed by atoms with Gasteiger partial charge in [0.15, 0.2) is 5.82 Å². The lowest BCUT2D eigenvalue weighted by molar-refractivity contribution is -0.123. The van der Waals surface area contributed by atoms with E-state index in [0.717, 1.165) is 16.6 Å². The summed E-state index contributed by atoms with van der Waals surface area (Å²) in [4.78, 5) is 42.0. The number of nitrogens with zero attached hydrogens (tertiary/aromatic N) is 4. The summed E-state index contributed by atoms with van der Waals surface area (Å²) in [7, 11) is 3.32. The molecule has 0 aliphatic heterocycles. The van der Waals surface area contributed by atoms with E-state index in [-0.39, 0.29) is 24.1 Å². The minimum absolute atomic E-state index is 0.0673. The lowest BCUT2D eigenvalue weighted by atomic mass is 10.2. The van der Waals surface area contributed by atoms with Crippen LogP contribution >= 0.6 is 0 Å². The van der Waals surface area contributed by atoms with Crippen LogP contribution in [0.4, 0.5) is 10.2 Å². The van der Waals surface area contributed by atoms with Crippen LogP contribution in [0.25, 0.3) is 10.9 Å². The highest BCUT2D eigenvalue weighted by Crippen LogP contribution is 2.21. The number of carbonyl (C=O) groups is 2. The maximum absolute atomic E-state index is 13.6. The van der Waals surface area contributed by atoms with E-state index in [4.69, 9.17) is 0 Å². The number of nitrogens with one attached hydrogen (secondary N) is 1. The van der Waals surface area contributed by atoms with Gasteiger partial charge in [-0.1, -0.05) is 6.08 Å². The Balaban J connectivity index is 1.66. The van der Waals surface area contributed by atoms with E-state index < -0.39 is 11.5 Å². The first-order valence-corrected chi connectivity index (χ1v) is 10.6. The molecule has 3 rings (SSSR count). The second kappa shape index (κ2) is 10.7. The molecule has 0 atom stereocenters. The van der Waals surface area contributed by atoms with Crippen molar-refractivity contribution in [3.05, 3.63) is 77.1 Å². The number of halogens is 1. The number of aromatic nitrogens is 3. The Hall–Kier alpha value is -3.75. The Morgan fingerprint density at radius 2 is 2.00 bits per heavy atom. The van der Waals surface area contributed by atoms with Gasteiger partial charge in [-0.3, -0.25) is 14.4 Å². The molecule has 1 aromatic carbocycles. The lowest BCUT2D eigenvalue weighted by Gasteiger charge is -2.11. The van der Waals surface area contributed by atoms with Crippen molar-refractivity contribution < 1.29 is 14.0 Å². The van der Waals surface area contributed by atoms with E-state index in [1.807, 2.05) is 17.6 Å². The average molecular weight is 453 g/mol. The summed E-state index contributed by atoms with van der Waals surface area (Å²) in [5.74, 6) is -0.949. The van der Waals surface area contributed by atoms with Gasteiger partial charge in [-0.15, -0.1) is 0 Å². The minimum Gasteiger partial charge on any atom is -0.345 e. The first-order chi connectivity index (χ1) is 15.8. The summed E-state index contributed by atoms with van der Waals surface area (Å²) in [5, 5.41) is 3.28. The molecule has 173 valence electrons. The summed E-state index contributed by atoms with van der Waals surface area (Å²) in [6.45, 7) is 2.90. The molecule has 0 aliphatic carbocycles. The number of hydrogen-bond acceptors (Lipinski definition) is 4. The van der Waals surface area contributed by atoms with Gasteiger partial charge in [-0.05, 0) is 50.1 Å². The van der Waals surface area contributed by atoms with Crippen molar-refractivity contribution in [3.63, 3.8) is 0 Å². The van der Waals surface area contributed by atoms with Gasteiger partial charge in [0.05, 0.1) is 13.0 Å². The fourth-order valence-corrected chi connectivity index (χ4v) is 3.45. The van der Waals surface area contributed by atoms with Crippen LogP contribution in [0.5, 0.6) is 0 Å². The Labute approximate surface area is 191 Å². The Morgan fingerprint density at radius 1 is 1.21 bits per heavy atom. The average Bonchev–Trinajstić information content (AvgIpc) is 3.11. The Kier molecular flexibility index (Phi) is 7.76. The SMILES string of the molecule is CCn1c(Cn2ccnc(NC(=O)[CH]CC/C=C/C(=O)N(C)C)c2=O)cc2cc(F)ccc21. The smallest absolute Gasteiger partial charge is 0.294 e. The maximum Gasteiger partial charge on any atom is 0.294 e. The molecule has 2 aromatic heterocycles. The second-order valence-corrected chi connectivity index (χ2v) is 7.70. The van der Waals surface area contributed by atoms with E-state index in [1.54, 1.807) is 32.4 Å². The summed E-state index contributed by atoms with van der Waals surface area (Å²) in [5.41, 5.74) is 1.30. The molecule has 0 unspecified atom stereocenters. The van der Waals surface area contributed by atoms with Crippen LogP contribution in [-0.4, -0.2) is 44.9 Å². The largest absolute Gasteiger partial charge is 0.345 e. The topological polar surface area (TPSA) is 89.2 Å². The highest BCUT2D eigenvalue weighted by molar-refractivity contribution is 5.96. The van der Waals surface area contributed by atoms with Gasteiger partial charge in [0.25, 0.3) is 5.56 Å². The monoisotopic (exact) mass is 452 g/mol. The quantitative estimate of drug-likeness (QED) is 0.399. The lowest BCUT2D eigenvalue weighted by Crippen LogP contribution is -2.27. The molecule has 0 bridgehead atoms. The normalized spacial score (nSPS) is 11.3. The molecule has 0 saturated carbocycles. The van der Waals surface area contributed by atoms with E-state index in [1.165, 1.54) is 40.3 Å². The molecule has 2 heterocycles. The molecule has 0 saturated heterocycles. The molecule has 2 amide bonds. The maximum atomic E-state index is 13.6. The molecule has 0 aliphatic rings. The van der Waals surface area contributed by atoms with Gasteiger partial charge in [0, 0.05) is 49.6 Å². The third-order valence-electron chi connectivity index (χ3n) is 5.12. The molecular weight excluding hydrogens is 425 g/mol. The number of benzene rings is 1. The molecule has 1 N–H and O–H groups in total. The summed E-state index contributed by atoms with van der Waals surface area (Å²) in [6.07, 6.45) is 8.48. The number of rotatable bonds is 9. The predicted molar refractivity (Wildman–Crippen MR) is 125 cm³/mol. The number of unbranched alkanes of at least 4 members (excludes halogenated alkanes) is 1. The van der Waals surface area contributed by atoms with Crippen LogP contribution in [0.15, 0.2) is 53.6 Å². The van der Waals surface area contributed by atoms with Crippen LogP contribution in [-0.2, 0) is 22.7 Å². The van der Waals surface area contributed by atoms with Crippen molar-refractivity contribution in [2.45, 2.75) is 32.9 Å². The van der Waals surface area contributed by atoms with Crippen molar-refractivity contribution in [2.75, 3.05) is 19.4 Å². The number of amides is 2. The van der Waals surface area contributed by atoms with E-state index in [0.29, 0.717) is 19.4 Å². The Morgan fingerprint density at radius 3 is 2.73 bits per heavy atom. The summed E-state index contributed by atoms with van der Waals surface area (Å²) >= 11 is 0. The number of carbonyl (C=O) groups excluding carboxylic acids is 2. The van der Waals surface area contributed by atoms with Crippen LogP contribution in [0.3, 0.4) is 0 Å². The van der Waals surface area contributed by atoms with Crippen molar-refractivity contribution in [3.8, 4) is 0 Å². The first kappa shape index (κ1) is 23.9. The molecule has 3 aromatic rings. The number of likely N-dealkylation sites (N-methyl/N-ethyl adjacent to an activating group) is 1. The van der Waals surface area contributed by atoms with E-state index >= 15 is 0 Å². The number of fused-ring (bicyclic) bond motifs is 1. The summed E-state index contributed by atoms with van der Waals surface area (Å²) < 4.78 is 17.1. The van der Waals surface area contributed by atoms with Crippen molar-refractivity contribution >= 4 is 28.5 Å². The molecule has 0 spiro atoms. The second-order valence-electron chi connectivity index (χ2n) is 7.70. The van der Waals surface area contributed by atoms with Crippen LogP contribution in [0.2, 0.25) is 0 Å². The summed E-state index contributed by atoms with van der Waals surface area (Å²) in [6, 6.07) is 6.46. The predicted octanol–water partition coefficient (Wildman–Crippen LogP) is 2.97. The van der Waals surface area contributed by atoms with Crippen LogP contribution in [0, 0.1) is 12.2 Å². The minimum atomic E-state index is -0.442. The van der Waals surface area contributed by atoms with Gasteiger partial charge in [0.1, 0.15) is 5.82 Å². The first-order valence-electron chi connectivity index (χ1n) is 10.6. The highest BCUT2D eigenvalue weighted by atomic mass is 19.1. The zero-order valence-corrected chi connectivity index (χ0v) is 18.9. The molecule has 33 heavy (non-hydrogen) atoms. The highest BCUT2D eigenvalue weighted by Gasteiger charge is 2.13. The van der Waals surface area contributed by atoms with Crippen LogP contribution in [0.1, 0.15) is 25.5 Å². The van der Waals surface area contributed by atoms with Gasteiger partial charge in [-0.25, -0.2) is 9.37 Å². The zero-order chi connectivity index (χ0) is 24.0. The standard InChI is InChI=1S/C24H27FN5O3/c1-4-30-19(15-17-14-18(25)10-11-20(17)30)16-29-13-12-26-23(24(29)33)27-21(31)8-6-5-7-9-22(32)28(2)3/h7-15H,4-6,16H2,1-3H3,(H,26,27,31)/b9-7+. The molecule has 8 nitrogen and oxygen atoms in total. The van der Waals surface area contributed by atoms with Crippen LogP contribution < -0.4 is 10.9 Å². The van der Waals surface area contributed by atoms with Gasteiger partial charge >= 0.3 is 0 Å². The van der Waals surface area contributed by atoms with Crippen molar-refractivity contribution in [2.24, 2.45) is 0 Å². The molecule has 0 fully saturated rings. The fourth-order valence-electron chi connectivity index (χ4n) is 3.45. The number of aryl methyl sites for hydroxylation is 1. The van der Waals surface area contributed by atoms with E-state index in [9.17, 15) is 18.8 Å². The zero-order valence-electron chi connectivity index (χ0n) is 18.9. The number of allylic oxidation sites excluding steroid dienone is 1. The molecular formula is C24H27FN5O3. The Bertz CT molecular complexity index is 1240. The van der Waals surface area contributed by atoms with Crippen molar-refractivity contribution in [1.29, 1.82) is 0 Å². The number of hydrogen-bond donors (Lipinski definition) is 1.